The van der Waals surface area contributed by atoms with E-state index in [2.05, 4.69) is 28.5 Å². The van der Waals surface area contributed by atoms with Crippen LogP contribution in [-0.4, -0.2) is 15.0 Å². The van der Waals surface area contributed by atoms with E-state index in [1.54, 1.807) is 16.8 Å². The van der Waals surface area contributed by atoms with E-state index in [1.807, 2.05) is 12.3 Å². The summed E-state index contributed by atoms with van der Waals surface area (Å²) in [6, 6.07) is 11.9. The van der Waals surface area contributed by atoms with Crippen molar-refractivity contribution in [3.8, 4) is 16.9 Å². The van der Waals surface area contributed by atoms with Gasteiger partial charge in [0.1, 0.15) is 5.69 Å². The molecular weight excluding hydrogens is 296 g/mol. The minimum atomic E-state index is 0.561. The molecule has 0 saturated heterocycles. The van der Waals surface area contributed by atoms with Gasteiger partial charge in [-0.25, -0.2) is 4.68 Å². The highest BCUT2D eigenvalue weighted by Crippen LogP contribution is 2.28. The first-order valence-electron chi connectivity index (χ1n) is 7.30. The molecule has 1 heterocycles. The molecule has 4 nitrogen and oxygen atoms in total. The normalized spacial score (nSPS) is 13.3. The number of rotatable bonds is 2. The number of hydrogen-bond acceptors (Lipinski definition) is 3. The van der Waals surface area contributed by atoms with Gasteiger partial charge in [-0.1, -0.05) is 28.9 Å². The Bertz CT molecular complexity index is 854. The molecule has 0 atom stereocenters. The lowest BCUT2D eigenvalue weighted by Crippen LogP contribution is -1.96. The molecule has 3 aromatic rings. The van der Waals surface area contributed by atoms with Crippen LogP contribution < -0.4 is 5.73 Å². The Hall–Kier alpha value is -2.33. The maximum atomic E-state index is 6.23. The van der Waals surface area contributed by atoms with Gasteiger partial charge in [-0.2, -0.15) is 0 Å². The second-order valence-electron chi connectivity index (χ2n) is 5.60. The van der Waals surface area contributed by atoms with Crippen molar-refractivity contribution in [3.63, 3.8) is 0 Å². The fourth-order valence-corrected chi connectivity index (χ4v) is 3.23. The molecule has 0 aliphatic heterocycles. The Kier molecular flexibility index (Phi) is 3.12. The van der Waals surface area contributed by atoms with Crippen molar-refractivity contribution in [2.75, 3.05) is 5.73 Å². The molecule has 0 bridgehead atoms. The van der Waals surface area contributed by atoms with Gasteiger partial charge >= 0.3 is 0 Å². The molecule has 0 spiro atoms. The molecular formula is C17H15ClN4. The maximum absolute atomic E-state index is 6.23. The first-order valence-corrected chi connectivity index (χ1v) is 7.68. The molecule has 110 valence electrons. The molecule has 0 amide bonds. The topological polar surface area (TPSA) is 56.7 Å². The minimum Gasteiger partial charge on any atom is -0.399 e. The molecule has 0 unspecified atom stereocenters. The van der Waals surface area contributed by atoms with E-state index in [-0.39, 0.29) is 0 Å². The molecule has 2 aromatic carbocycles. The summed E-state index contributed by atoms with van der Waals surface area (Å²) in [5.74, 6) is 0. The van der Waals surface area contributed by atoms with Gasteiger partial charge in [0.05, 0.1) is 16.9 Å². The lowest BCUT2D eigenvalue weighted by Gasteiger charge is -2.04. The van der Waals surface area contributed by atoms with Crippen LogP contribution in [0.3, 0.4) is 0 Å². The van der Waals surface area contributed by atoms with Crippen LogP contribution in [0.4, 0.5) is 5.69 Å². The number of aryl methyl sites for hydroxylation is 2. The van der Waals surface area contributed by atoms with E-state index < -0.39 is 0 Å². The summed E-state index contributed by atoms with van der Waals surface area (Å²) in [4.78, 5) is 0. The Morgan fingerprint density at radius 1 is 1.05 bits per heavy atom. The third-order valence-corrected chi connectivity index (χ3v) is 4.41. The van der Waals surface area contributed by atoms with Crippen LogP contribution in [0.25, 0.3) is 16.9 Å². The van der Waals surface area contributed by atoms with Gasteiger partial charge in [-0.15, -0.1) is 5.10 Å². The van der Waals surface area contributed by atoms with Gasteiger partial charge in [0.2, 0.25) is 0 Å². The Labute approximate surface area is 133 Å². The Balaban J connectivity index is 1.72. The quantitative estimate of drug-likeness (QED) is 0.735. The first kappa shape index (κ1) is 13.3. The lowest BCUT2D eigenvalue weighted by molar-refractivity contribution is 0.804. The van der Waals surface area contributed by atoms with E-state index in [4.69, 9.17) is 17.3 Å². The Morgan fingerprint density at radius 3 is 2.77 bits per heavy atom. The largest absolute Gasteiger partial charge is 0.399 e. The second-order valence-corrected chi connectivity index (χ2v) is 6.00. The first-order chi connectivity index (χ1) is 10.7. The highest BCUT2D eigenvalue weighted by atomic mass is 35.5. The molecule has 4 rings (SSSR count). The van der Waals surface area contributed by atoms with Crippen LogP contribution in [0.5, 0.6) is 0 Å². The van der Waals surface area contributed by atoms with Crippen molar-refractivity contribution < 1.29 is 0 Å². The Morgan fingerprint density at radius 2 is 1.91 bits per heavy atom. The highest BCUT2D eigenvalue weighted by Gasteiger charge is 2.13. The van der Waals surface area contributed by atoms with Gasteiger partial charge in [0.25, 0.3) is 0 Å². The predicted molar refractivity (Wildman–Crippen MR) is 88.2 cm³/mol. The third kappa shape index (κ3) is 2.25. The number of benzene rings is 2. The van der Waals surface area contributed by atoms with Crippen LogP contribution >= 0.6 is 11.6 Å². The standard InChI is InChI=1S/C17H15ClN4/c18-15-9-14(19)6-7-17(15)22-10-16(20-21-22)13-5-4-11-2-1-3-12(11)8-13/h4-10H,1-3,19H2. The minimum absolute atomic E-state index is 0.561. The van der Waals surface area contributed by atoms with Gasteiger partial charge in [-0.3, -0.25) is 0 Å². The predicted octanol–water partition coefficient (Wildman–Crippen LogP) is 3.66. The average Bonchev–Trinajstić information content (AvgIpc) is 3.15. The summed E-state index contributed by atoms with van der Waals surface area (Å²) in [6.07, 6.45) is 5.48. The SMILES string of the molecule is Nc1ccc(-n2cc(-c3ccc4c(c3)CCC4)nn2)c(Cl)c1. The summed E-state index contributed by atoms with van der Waals surface area (Å²) in [5, 5.41) is 9.02. The van der Waals surface area contributed by atoms with Gasteiger partial charge in [0.15, 0.2) is 0 Å². The van der Waals surface area contributed by atoms with Gasteiger partial charge in [0, 0.05) is 11.3 Å². The van der Waals surface area contributed by atoms with Crippen molar-refractivity contribution >= 4 is 17.3 Å². The monoisotopic (exact) mass is 310 g/mol. The van der Waals surface area contributed by atoms with Crippen LogP contribution in [0.15, 0.2) is 42.6 Å². The number of nitrogens with zero attached hydrogens (tertiary/aromatic N) is 3. The van der Waals surface area contributed by atoms with Crippen molar-refractivity contribution in [3.05, 3.63) is 58.7 Å². The molecule has 5 heteroatoms. The number of halogens is 1. The smallest absolute Gasteiger partial charge is 0.113 e. The fourth-order valence-electron chi connectivity index (χ4n) is 2.95. The van der Waals surface area contributed by atoms with Crippen molar-refractivity contribution in [1.82, 2.24) is 15.0 Å². The highest BCUT2D eigenvalue weighted by molar-refractivity contribution is 6.32. The van der Waals surface area contributed by atoms with Crippen molar-refractivity contribution in [2.45, 2.75) is 19.3 Å². The molecule has 1 aliphatic carbocycles. The summed E-state index contributed by atoms with van der Waals surface area (Å²) < 4.78 is 1.68. The summed E-state index contributed by atoms with van der Waals surface area (Å²) in [5.41, 5.74) is 12.0. The molecule has 0 saturated carbocycles. The number of anilines is 1. The number of fused-ring (bicyclic) bond motifs is 1. The number of hydrogen-bond donors (Lipinski definition) is 1. The zero-order chi connectivity index (χ0) is 15.1. The molecule has 1 aromatic heterocycles. The van der Waals surface area contributed by atoms with Crippen LogP contribution in [0.1, 0.15) is 17.5 Å². The third-order valence-electron chi connectivity index (χ3n) is 4.11. The van der Waals surface area contributed by atoms with Crippen molar-refractivity contribution in [2.24, 2.45) is 0 Å². The van der Waals surface area contributed by atoms with Crippen LogP contribution in [0, 0.1) is 0 Å². The molecule has 2 N–H and O–H groups in total. The lowest BCUT2D eigenvalue weighted by atomic mass is 10.0. The number of aromatic nitrogens is 3. The van der Waals surface area contributed by atoms with Crippen LogP contribution in [0.2, 0.25) is 5.02 Å². The van der Waals surface area contributed by atoms with E-state index in [0.717, 1.165) is 23.4 Å². The fraction of sp³-hybridized carbons (Fsp3) is 0.176. The zero-order valence-electron chi connectivity index (χ0n) is 12.0. The molecule has 22 heavy (non-hydrogen) atoms. The summed E-state index contributed by atoms with van der Waals surface area (Å²) in [7, 11) is 0. The van der Waals surface area contributed by atoms with Gasteiger partial charge in [-0.05, 0) is 54.7 Å². The van der Waals surface area contributed by atoms with E-state index >= 15 is 0 Å². The number of nitrogen functional groups attached to an aromatic ring is 1. The second kappa shape index (κ2) is 5.14. The van der Waals surface area contributed by atoms with E-state index in [1.165, 1.54) is 24.0 Å². The summed E-state index contributed by atoms with van der Waals surface area (Å²) >= 11 is 6.23. The zero-order valence-corrected chi connectivity index (χ0v) is 12.7. The molecule has 0 radical (unpaired) electrons. The average molecular weight is 311 g/mol. The molecule has 1 aliphatic rings. The van der Waals surface area contributed by atoms with Gasteiger partial charge < -0.3 is 5.73 Å². The number of nitrogens with two attached hydrogens (primary N) is 1. The summed E-state index contributed by atoms with van der Waals surface area (Å²) in [6.45, 7) is 0. The van der Waals surface area contributed by atoms with Crippen molar-refractivity contribution in [1.29, 1.82) is 0 Å². The van der Waals surface area contributed by atoms with E-state index in [0.29, 0.717) is 10.7 Å². The van der Waals surface area contributed by atoms with Crippen LogP contribution in [-0.2, 0) is 12.8 Å². The molecule has 0 fully saturated rings. The van der Waals surface area contributed by atoms with E-state index in [9.17, 15) is 0 Å². The maximum Gasteiger partial charge on any atom is 0.113 e.